The van der Waals surface area contributed by atoms with Crippen LogP contribution in [0.3, 0.4) is 0 Å². The van der Waals surface area contributed by atoms with Gasteiger partial charge in [0.1, 0.15) is 0 Å². The molecule has 0 saturated heterocycles. The van der Waals surface area contributed by atoms with Crippen LogP contribution in [0, 0.1) is 0 Å². The molecule has 0 rings (SSSR count). The molecule has 17 heavy (non-hydrogen) atoms. The number of rotatable bonds is 6. The molecule has 0 amide bonds. The summed E-state index contributed by atoms with van der Waals surface area (Å²) < 4.78 is 32.0. The molecular formula is C8H14N2O6S. The maximum absolute atomic E-state index is 11.3. The van der Waals surface area contributed by atoms with Crippen LogP contribution < -0.4 is 9.86 Å². The highest BCUT2D eigenvalue weighted by Crippen LogP contribution is 2.01. The zero-order chi connectivity index (χ0) is 13.5. The summed E-state index contributed by atoms with van der Waals surface area (Å²) in [5, 5.41) is 4.64. The number of ether oxygens (including phenoxy) is 2. The Morgan fingerprint density at radius 3 is 1.88 bits per heavy atom. The van der Waals surface area contributed by atoms with Gasteiger partial charge in [-0.3, -0.25) is 4.72 Å². The third-order valence-corrected chi connectivity index (χ3v) is 1.80. The summed E-state index contributed by atoms with van der Waals surface area (Å²) in [4.78, 5) is 22.6. The maximum atomic E-state index is 11.3. The molecule has 0 spiro atoms. The van der Waals surface area contributed by atoms with Gasteiger partial charge < -0.3 is 9.47 Å². The van der Waals surface area contributed by atoms with E-state index in [1.807, 2.05) is 0 Å². The minimum atomic E-state index is -4.06. The molecule has 0 aromatic rings. The molecule has 0 aliphatic rings. The highest BCUT2D eigenvalue weighted by molar-refractivity contribution is 7.87. The van der Waals surface area contributed by atoms with Crippen molar-refractivity contribution in [3.63, 3.8) is 0 Å². The largest absolute Gasteiger partial charge is 0.462 e. The van der Waals surface area contributed by atoms with Crippen LogP contribution in [-0.4, -0.2) is 33.6 Å². The van der Waals surface area contributed by atoms with E-state index in [4.69, 9.17) is 0 Å². The summed E-state index contributed by atoms with van der Waals surface area (Å²) >= 11 is 0. The van der Waals surface area contributed by atoms with Crippen molar-refractivity contribution < 1.29 is 27.5 Å². The van der Waals surface area contributed by atoms with Crippen LogP contribution in [0.25, 0.3) is 0 Å². The minimum absolute atomic E-state index is 0.0327. The van der Waals surface area contributed by atoms with Crippen molar-refractivity contribution in [2.75, 3.05) is 13.2 Å². The lowest BCUT2D eigenvalue weighted by molar-refractivity contribution is -0.146. The van der Waals surface area contributed by atoms with Gasteiger partial charge in [0.15, 0.2) is 5.57 Å². The number of hydrogen-bond acceptors (Lipinski definition) is 6. The van der Waals surface area contributed by atoms with Crippen LogP contribution in [0.1, 0.15) is 13.8 Å². The van der Waals surface area contributed by atoms with E-state index < -0.39 is 27.7 Å². The van der Waals surface area contributed by atoms with E-state index in [9.17, 15) is 18.0 Å². The second kappa shape index (κ2) is 6.86. The second-order valence-corrected chi connectivity index (χ2v) is 3.99. The van der Waals surface area contributed by atoms with Crippen molar-refractivity contribution >= 4 is 22.1 Å². The first-order valence-corrected chi connectivity index (χ1v) is 6.20. The van der Waals surface area contributed by atoms with E-state index in [1.54, 1.807) is 4.72 Å². The van der Waals surface area contributed by atoms with Gasteiger partial charge in [-0.2, -0.15) is 8.42 Å². The number of carbonyl (C=O) groups excluding carboxylic acids is 2. The number of hydrogen-bond donors (Lipinski definition) is 2. The SMILES string of the molecule is CCOC(=O)C(=CNS(N)(=O)=O)C(=O)OCC. The van der Waals surface area contributed by atoms with E-state index in [-0.39, 0.29) is 13.2 Å². The fraction of sp³-hybridized carbons (Fsp3) is 0.500. The van der Waals surface area contributed by atoms with Crippen molar-refractivity contribution in [3.05, 3.63) is 11.8 Å². The standard InChI is InChI=1S/C8H14N2O6S/c1-3-15-7(11)6(8(12)16-4-2)5-10-17(9,13)14/h5,10H,3-4H2,1-2H3,(H2,9,13,14). The fourth-order valence-corrected chi connectivity index (χ4v) is 1.04. The lowest BCUT2D eigenvalue weighted by Crippen LogP contribution is -2.29. The normalized spacial score (nSPS) is 10.3. The number of esters is 2. The van der Waals surface area contributed by atoms with Crippen LogP contribution in [0.15, 0.2) is 11.8 Å². The molecule has 3 N–H and O–H groups in total. The first-order valence-electron chi connectivity index (χ1n) is 4.66. The molecule has 0 radical (unpaired) electrons. The predicted octanol–water partition coefficient (Wildman–Crippen LogP) is -1.21. The zero-order valence-corrected chi connectivity index (χ0v) is 10.2. The summed E-state index contributed by atoms with van der Waals surface area (Å²) in [5.74, 6) is -2.00. The molecule has 0 bridgehead atoms. The van der Waals surface area contributed by atoms with Gasteiger partial charge in [0.05, 0.1) is 13.2 Å². The lowest BCUT2D eigenvalue weighted by Gasteiger charge is -2.06. The monoisotopic (exact) mass is 266 g/mol. The van der Waals surface area contributed by atoms with E-state index in [2.05, 4.69) is 14.6 Å². The first kappa shape index (κ1) is 15.4. The molecule has 0 unspecified atom stereocenters. The Bertz CT molecular complexity index is 394. The second-order valence-electron chi connectivity index (χ2n) is 2.66. The molecule has 0 fully saturated rings. The lowest BCUT2D eigenvalue weighted by atomic mass is 10.3. The summed E-state index contributed by atoms with van der Waals surface area (Å²) in [6.07, 6.45) is 0.630. The average molecular weight is 266 g/mol. The Hall–Kier alpha value is -1.61. The molecule has 8 nitrogen and oxygen atoms in total. The van der Waals surface area contributed by atoms with Crippen molar-refractivity contribution in [1.29, 1.82) is 0 Å². The average Bonchev–Trinajstić information content (AvgIpc) is 2.16. The molecule has 0 aliphatic carbocycles. The van der Waals surface area contributed by atoms with Gasteiger partial charge in [0.25, 0.3) is 10.2 Å². The molecule has 0 heterocycles. The molecule has 98 valence electrons. The van der Waals surface area contributed by atoms with Crippen molar-refractivity contribution in [2.24, 2.45) is 5.14 Å². The Kier molecular flexibility index (Phi) is 6.21. The van der Waals surface area contributed by atoms with E-state index in [0.717, 1.165) is 0 Å². The molecule has 0 aromatic carbocycles. The molecule has 0 atom stereocenters. The molecule has 0 aromatic heterocycles. The van der Waals surface area contributed by atoms with Crippen molar-refractivity contribution in [1.82, 2.24) is 4.72 Å². The van der Waals surface area contributed by atoms with Gasteiger partial charge >= 0.3 is 11.9 Å². The van der Waals surface area contributed by atoms with Crippen molar-refractivity contribution in [2.45, 2.75) is 13.8 Å². The van der Waals surface area contributed by atoms with Crippen LogP contribution >= 0.6 is 0 Å². The molecule has 9 heteroatoms. The van der Waals surface area contributed by atoms with Gasteiger partial charge in [-0.05, 0) is 13.8 Å². The van der Waals surface area contributed by atoms with E-state index in [1.165, 1.54) is 13.8 Å². The number of nitrogens with two attached hydrogens (primary N) is 1. The molecule has 0 saturated carbocycles. The predicted molar refractivity (Wildman–Crippen MR) is 57.6 cm³/mol. The smallest absolute Gasteiger partial charge is 0.347 e. The summed E-state index contributed by atoms with van der Waals surface area (Å²) in [6.45, 7) is 3.14. The van der Waals surface area contributed by atoms with Gasteiger partial charge in [-0.15, -0.1) is 0 Å². The maximum Gasteiger partial charge on any atom is 0.347 e. The number of nitrogens with one attached hydrogen (secondary N) is 1. The topological polar surface area (TPSA) is 125 Å². The molecule has 0 aliphatic heterocycles. The van der Waals surface area contributed by atoms with Crippen LogP contribution in [-0.2, 0) is 29.3 Å². The van der Waals surface area contributed by atoms with Crippen LogP contribution in [0.5, 0.6) is 0 Å². The van der Waals surface area contributed by atoms with Crippen LogP contribution in [0.4, 0.5) is 0 Å². The fourth-order valence-electron chi connectivity index (χ4n) is 0.760. The van der Waals surface area contributed by atoms with E-state index in [0.29, 0.717) is 6.20 Å². The minimum Gasteiger partial charge on any atom is -0.462 e. The first-order chi connectivity index (χ1) is 7.81. The third kappa shape index (κ3) is 6.53. The highest BCUT2D eigenvalue weighted by atomic mass is 32.2. The van der Waals surface area contributed by atoms with Gasteiger partial charge in [0, 0.05) is 6.20 Å². The summed E-state index contributed by atoms with van der Waals surface area (Å²) in [6, 6.07) is 0. The van der Waals surface area contributed by atoms with Gasteiger partial charge in [0.2, 0.25) is 0 Å². The Balaban J connectivity index is 4.97. The molecular weight excluding hydrogens is 252 g/mol. The highest BCUT2D eigenvalue weighted by Gasteiger charge is 2.21. The quantitative estimate of drug-likeness (QED) is 0.269. The number of carbonyl (C=O) groups is 2. The Morgan fingerprint density at radius 1 is 1.18 bits per heavy atom. The third-order valence-electron chi connectivity index (χ3n) is 1.36. The Labute approximate surface area is 98.9 Å². The zero-order valence-electron chi connectivity index (χ0n) is 9.43. The van der Waals surface area contributed by atoms with Crippen molar-refractivity contribution in [3.8, 4) is 0 Å². The van der Waals surface area contributed by atoms with Gasteiger partial charge in [-0.1, -0.05) is 0 Å². The van der Waals surface area contributed by atoms with E-state index >= 15 is 0 Å². The van der Waals surface area contributed by atoms with Gasteiger partial charge in [-0.25, -0.2) is 14.7 Å². The van der Waals surface area contributed by atoms with Crippen LogP contribution in [0.2, 0.25) is 0 Å². The summed E-state index contributed by atoms with van der Waals surface area (Å²) in [7, 11) is -4.06. The summed E-state index contributed by atoms with van der Waals surface area (Å²) in [5.41, 5.74) is -0.581. The Morgan fingerprint density at radius 2 is 1.59 bits per heavy atom.